The number of hydrogen-bond acceptors (Lipinski definition) is 0. The van der Waals surface area contributed by atoms with Gasteiger partial charge in [-0.25, -0.2) is 0 Å². The van der Waals surface area contributed by atoms with Crippen molar-refractivity contribution in [3.05, 3.63) is 11.1 Å². The van der Waals surface area contributed by atoms with E-state index in [2.05, 4.69) is 0 Å². The van der Waals surface area contributed by atoms with Crippen molar-refractivity contribution in [3.8, 4) is 0 Å². The Labute approximate surface area is 90.4 Å². The molecule has 1 aliphatic rings. The maximum atomic E-state index is 5.83. The van der Waals surface area contributed by atoms with Gasteiger partial charge < -0.3 is 0 Å². The van der Waals surface area contributed by atoms with Crippen LogP contribution in [0.4, 0.5) is 0 Å². The Hall–Kier alpha value is 1.19. The molecule has 0 spiro atoms. The average Bonchev–Trinajstić information content (AvgIpc) is 1.97. The van der Waals surface area contributed by atoms with E-state index in [0.717, 1.165) is 0 Å². The van der Waals surface area contributed by atoms with Crippen molar-refractivity contribution in [1.82, 2.24) is 0 Å². The van der Waals surface area contributed by atoms with Crippen LogP contribution >= 0.6 is 58.0 Å². The van der Waals surface area contributed by atoms with E-state index < -0.39 is 10.8 Å². The second-order valence-corrected chi connectivity index (χ2v) is 4.71. The molecule has 0 amide bonds. The predicted octanol–water partition coefficient (Wildman–Crippen LogP) is 3.55. The lowest BCUT2D eigenvalue weighted by Crippen LogP contribution is -2.36. The summed E-state index contributed by atoms with van der Waals surface area (Å²) >= 11 is 29.0. The SMILES string of the molecule is ClC1=C[C@H](Cl)[C@H](Cl)[C@@H](Cl)[C@@H]1Cl. The molecule has 0 aromatic rings. The number of halogens is 5. The molecule has 0 heterocycles. The van der Waals surface area contributed by atoms with Gasteiger partial charge in [0.1, 0.15) is 0 Å². The summed E-state index contributed by atoms with van der Waals surface area (Å²) in [4.78, 5) is 0. The van der Waals surface area contributed by atoms with Crippen LogP contribution < -0.4 is 0 Å². The number of allylic oxidation sites excluding steroid dienone is 2. The quantitative estimate of drug-likeness (QED) is 0.580. The molecule has 0 aliphatic heterocycles. The zero-order valence-electron chi connectivity index (χ0n) is 5.28. The first kappa shape index (κ1) is 10.3. The summed E-state index contributed by atoms with van der Waals surface area (Å²) in [6.07, 6.45) is 1.62. The highest BCUT2D eigenvalue weighted by molar-refractivity contribution is 6.44. The van der Waals surface area contributed by atoms with Crippen LogP contribution in [0.5, 0.6) is 0 Å². The van der Waals surface area contributed by atoms with E-state index in [0.29, 0.717) is 5.03 Å². The van der Waals surface area contributed by atoms with Crippen LogP contribution in [-0.2, 0) is 0 Å². The molecule has 0 saturated carbocycles. The molecule has 0 nitrogen and oxygen atoms in total. The monoisotopic (exact) mass is 252 g/mol. The van der Waals surface area contributed by atoms with Gasteiger partial charge in [-0.3, -0.25) is 0 Å². The van der Waals surface area contributed by atoms with Crippen LogP contribution in [0.2, 0.25) is 0 Å². The van der Waals surface area contributed by atoms with Crippen molar-refractivity contribution in [1.29, 1.82) is 0 Å². The van der Waals surface area contributed by atoms with Gasteiger partial charge in [-0.05, 0) is 6.08 Å². The van der Waals surface area contributed by atoms with Crippen LogP contribution in [0.3, 0.4) is 0 Å². The second-order valence-electron chi connectivity index (χ2n) is 2.29. The summed E-state index contributed by atoms with van der Waals surface area (Å²) in [6.45, 7) is 0. The van der Waals surface area contributed by atoms with E-state index >= 15 is 0 Å². The smallest absolute Gasteiger partial charge is 0.0867 e. The third kappa shape index (κ3) is 2.10. The van der Waals surface area contributed by atoms with Crippen LogP contribution in [-0.4, -0.2) is 21.5 Å². The molecule has 0 N–H and O–H groups in total. The lowest BCUT2D eigenvalue weighted by molar-refractivity contribution is 0.751. The van der Waals surface area contributed by atoms with Crippen molar-refractivity contribution in [2.75, 3.05) is 0 Å². The number of alkyl halides is 4. The van der Waals surface area contributed by atoms with E-state index in [-0.39, 0.29) is 10.8 Å². The molecule has 11 heavy (non-hydrogen) atoms. The minimum absolute atomic E-state index is 0.332. The first-order chi connectivity index (χ1) is 5.04. The molecule has 0 saturated heterocycles. The molecule has 1 rings (SSSR count). The number of hydrogen-bond donors (Lipinski definition) is 0. The molecule has 0 radical (unpaired) electrons. The van der Waals surface area contributed by atoms with Gasteiger partial charge >= 0.3 is 0 Å². The average molecular weight is 254 g/mol. The molecular weight excluding hydrogens is 249 g/mol. The molecule has 5 heteroatoms. The standard InChI is InChI=1S/C6H5Cl5/c7-2-1-3(8)5(10)6(11)4(2)9/h1-2,4-6H/t2-,4-,5+,6+/m0/s1. The van der Waals surface area contributed by atoms with Gasteiger partial charge in [-0.15, -0.1) is 46.4 Å². The Morgan fingerprint density at radius 2 is 1.55 bits per heavy atom. The van der Waals surface area contributed by atoms with E-state index in [4.69, 9.17) is 58.0 Å². The van der Waals surface area contributed by atoms with Crippen LogP contribution in [0.1, 0.15) is 0 Å². The Morgan fingerprint density at radius 3 is 2.09 bits per heavy atom. The van der Waals surface area contributed by atoms with Crippen LogP contribution in [0.15, 0.2) is 11.1 Å². The topological polar surface area (TPSA) is 0 Å². The first-order valence-electron chi connectivity index (χ1n) is 2.97. The van der Waals surface area contributed by atoms with Crippen LogP contribution in [0.25, 0.3) is 0 Å². The molecule has 0 aromatic heterocycles. The predicted molar refractivity (Wildman–Crippen MR) is 52.5 cm³/mol. The molecule has 1 aliphatic carbocycles. The van der Waals surface area contributed by atoms with Gasteiger partial charge in [0.25, 0.3) is 0 Å². The van der Waals surface area contributed by atoms with Gasteiger partial charge in [-0.2, -0.15) is 0 Å². The Morgan fingerprint density at radius 1 is 1.00 bits per heavy atom. The fourth-order valence-electron chi connectivity index (χ4n) is 0.825. The second kappa shape index (κ2) is 3.93. The zero-order valence-corrected chi connectivity index (χ0v) is 9.06. The summed E-state index contributed by atoms with van der Waals surface area (Å²) in [5.74, 6) is 0. The summed E-state index contributed by atoms with van der Waals surface area (Å²) in [5.41, 5.74) is 0. The van der Waals surface area contributed by atoms with Gasteiger partial charge in [-0.1, -0.05) is 11.6 Å². The summed E-state index contributed by atoms with van der Waals surface area (Å²) in [7, 11) is 0. The minimum atomic E-state index is -0.421. The molecule has 0 aromatic carbocycles. The molecule has 0 unspecified atom stereocenters. The summed E-state index contributed by atoms with van der Waals surface area (Å²) in [5, 5.41) is -1.04. The fourth-order valence-corrected chi connectivity index (χ4v) is 2.41. The maximum Gasteiger partial charge on any atom is 0.0867 e. The normalized spacial score (nSPS) is 45.4. The van der Waals surface area contributed by atoms with Crippen molar-refractivity contribution in [2.45, 2.75) is 21.5 Å². The van der Waals surface area contributed by atoms with Crippen molar-refractivity contribution in [2.24, 2.45) is 0 Å². The summed E-state index contributed by atoms with van der Waals surface area (Å²) in [6, 6.07) is 0. The first-order valence-corrected chi connectivity index (χ1v) is 5.10. The molecule has 64 valence electrons. The van der Waals surface area contributed by atoms with Gasteiger partial charge in [0.15, 0.2) is 0 Å². The molecular formula is C6H5Cl5. The van der Waals surface area contributed by atoms with Gasteiger partial charge in [0.05, 0.1) is 21.5 Å². The van der Waals surface area contributed by atoms with E-state index in [9.17, 15) is 0 Å². The summed E-state index contributed by atoms with van der Waals surface area (Å²) < 4.78 is 0. The molecule has 0 fully saturated rings. The number of rotatable bonds is 0. The lowest BCUT2D eigenvalue weighted by atomic mass is 10.1. The highest BCUT2D eigenvalue weighted by atomic mass is 35.5. The zero-order chi connectivity index (χ0) is 8.59. The minimum Gasteiger partial charge on any atom is -0.119 e. The van der Waals surface area contributed by atoms with E-state index in [1.165, 1.54) is 0 Å². The Bertz CT molecular complexity index is 178. The highest BCUT2D eigenvalue weighted by Crippen LogP contribution is 2.35. The van der Waals surface area contributed by atoms with E-state index in [1.807, 2.05) is 0 Å². The Balaban J connectivity index is 2.83. The van der Waals surface area contributed by atoms with Crippen LogP contribution in [0, 0.1) is 0 Å². The lowest BCUT2D eigenvalue weighted by Gasteiger charge is -2.27. The highest BCUT2D eigenvalue weighted by Gasteiger charge is 2.35. The Kier molecular flexibility index (Phi) is 3.67. The van der Waals surface area contributed by atoms with Crippen molar-refractivity contribution in [3.63, 3.8) is 0 Å². The maximum absolute atomic E-state index is 5.83. The molecule has 4 atom stereocenters. The fraction of sp³-hybridized carbons (Fsp3) is 0.667. The largest absolute Gasteiger partial charge is 0.119 e. The van der Waals surface area contributed by atoms with Crippen molar-refractivity contribution >= 4 is 58.0 Å². The van der Waals surface area contributed by atoms with Crippen molar-refractivity contribution < 1.29 is 0 Å². The van der Waals surface area contributed by atoms with Gasteiger partial charge in [0, 0.05) is 5.03 Å². The third-order valence-electron chi connectivity index (χ3n) is 1.47. The van der Waals surface area contributed by atoms with Gasteiger partial charge in [0.2, 0.25) is 0 Å². The molecule has 0 bridgehead atoms. The van der Waals surface area contributed by atoms with E-state index in [1.54, 1.807) is 6.08 Å². The third-order valence-corrected chi connectivity index (χ3v) is 4.30.